The quantitative estimate of drug-likeness (QED) is 0.863. The van der Waals surface area contributed by atoms with E-state index >= 15 is 0 Å². The Hall–Kier alpha value is -2.40. The maximum absolute atomic E-state index is 13.6. The molecule has 1 aliphatic rings. The summed E-state index contributed by atoms with van der Waals surface area (Å²) in [6.45, 7) is 4.50. The highest BCUT2D eigenvalue weighted by Crippen LogP contribution is 2.08. The Labute approximate surface area is 154 Å². The number of aryl methyl sites for hydroxylation is 1. The standard InChI is InChI=1S/C21H26FN3O/c22-20-11-5-4-10-19(20)17-23-21(26)25-15-13-24(14-16-25)12-6-9-18-7-2-1-3-8-18/h1-5,7-8,10-11H,6,9,12-17H2,(H,23,26). The van der Waals surface area contributed by atoms with Crippen LogP contribution in [0.1, 0.15) is 17.5 Å². The van der Waals surface area contributed by atoms with Crippen LogP contribution in [0.2, 0.25) is 0 Å². The molecule has 1 fully saturated rings. The molecule has 0 aromatic heterocycles. The predicted octanol–water partition coefficient (Wildman–Crippen LogP) is 3.29. The molecular weight excluding hydrogens is 329 g/mol. The third kappa shape index (κ3) is 5.30. The lowest BCUT2D eigenvalue weighted by Crippen LogP contribution is -2.51. The van der Waals surface area contributed by atoms with Crippen molar-refractivity contribution in [3.8, 4) is 0 Å². The number of benzene rings is 2. The maximum Gasteiger partial charge on any atom is 0.317 e. The number of amides is 2. The number of hydrogen-bond acceptors (Lipinski definition) is 2. The Morgan fingerprint density at radius 2 is 1.65 bits per heavy atom. The molecule has 26 heavy (non-hydrogen) atoms. The Bertz CT molecular complexity index is 699. The molecule has 0 atom stereocenters. The van der Waals surface area contributed by atoms with Gasteiger partial charge in [0.1, 0.15) is 5.82 Å². The van der Waals surface area contributed by atoms with Crippen molar-refractivity contribution in [2.24, 2.45) is 0 Å². The first-order valence-electron chi connectivity index (χ1n) is 9.25. The summed E-state index contributed by atoms with van der Waals surface area (Å²) in [5.74, 6) is -0.281. The van der Waals surface area contributed by atoms with Gasteiger partial charge in [-0.2, -0.15) is 0 Å². The van der Waals surface area contributed by atoms with Gasteiger partial charge in [-0.05, 0) is 31.0 Å². The number of rotatable bonds is 6. The number of carbonyl (C=O) groups is 1. The first kappa shape index (κ1) is 18.4. The van der Waals surface area contributed by atoms with E-state index in [4.69, 9.17) is 0 Å². The summed E-state index contributed by atoms with van der Waals surface area (Å²) in [6, 6.07) is 16.9. The zero-order chi connectivity index (χ0) is 18.2. The van der Waals surface area contributed by atoms with Gasteiger partial charge in [0.25, 0.3) is 0 Å². The molecule has 0 radical (unpaired) electrons. The van der Waals surface area contributed by atoms with Gasteiger partial charge in [0.15, 0.2) is 0 Å². The molecule has 0 spiro atoms. The fourth-order valence-corrected chi connectivity index (χ4v) is 3.25. The topological polar surface area (TPSA) is 35.6 Å². The molecule has 138 valence electrons. The average molecular weight is 355 g/mol. The van der Waals surface area contributed by atoms with Gasteiger partial charge in [-0.15, -0.1) is 0 Å². The summed E-state index contributed by atoms with van der Waals surface area (Å²) >= 11 is 0. The molecule has 0 aliphatic carbocycles. The number of nitrogens with one attached hydrogen (secondary N) is 1. The number of hydrogen-bond donors (Lipinski definition) is 1. The zero-order valence-electron chi connectivity index (χ0n) is 15.0. The molecule has 3 rings (SSSR count). The molecule has 4 nitrogen and oxygen atoms in total. The van der Waals surface area contributed by atoms with Crippen molar-refractivity contribution in [3.05, 3.63) is 71.5 Å². The van der Waals surface area contributed by atoms with Crippen molar-refractivity contribution in [1.82, 2.24) is 15.1 Å². The van der Waals surface area contributed by atoms with Gasteiger partial charge in [-0.25, -0.2) is 9.18 Å². The van der Waals surface area contributed by atoms with Gasteiger partial charge in [-0.3, -0.25) is 4.90 Å². The van der Waals surface area contributed by atoms with Crippen LogP contribution in [0.15, 0.2) is 54.6 Å². The zero-order valence-corrected chi connectivity index (χ0v) is 15.0. The highest BCUT2D eigenvalue weighted by molar-refractivity contribution is 5.74. The first-order valence-corrected chi connectivity index (χ1v) is 9.25. The van der Waals surface area contributed by atoms with E-state index in [-0.39, 0.29) is 18.4 Å². The van der Waals surface area contributed by atoms with Crippen LogP contribution in [-0.4, -0.2) is 48.6 Å². The van der Waals surface area contributed by atoms with Crippen LogP contribution in [0, 0.1) is 5.82 Å². The highest BCUT2D eigenvalue weighted by atomic mass is 19.1. The largest absolute Gasteiger partial charge is 0.334 e. The summed E-state index contributed by atoms with van der Waals surface area (Å²) in [7, 11) is 0. The van der Waals surface area contributed by atoms with E-state index in [0.29, 0.717) is 18.7 Å². The third-order valence-corrected chi connectivity index (χ3v) is 4.83. The van der Waals surface area contributed by atoms with Crippen molar-refractivity contribution in [2.75, 3.05) is 32.7 Å². The molecule has 1 saturated heterocycles. The lowest BCUT2D eigenvalue weighted by molar-refractivity contribution is 0.138. The smallest absolute Gasteiger partial charge is 0.317 e. The molecule has 1 aliphatic heterocycles. The minimum atomic E-state index is -0.281. The normalized spacial score (nSPS) is 15.0. The summed E-state index contributed by atoms with van der Waals surface area (Å²) in [5.41, 5.74) is 1.89. The summed E-state index contributed by atoms with van der Waals surface area (Å²) in [6.07, 6.45) is 2.22. The summed E-state index contributed by atoms with van der Waals surface area (Å²) < 4.78 is 13.6. The van der Waals surface area contributed by atoms with Crippen LogP contribution in [0.5, 0.6) is 0 Å². The van der Waals surface area contributed by atoms with Crippen molar-refractivity contribution >= 4 is 6.03 Å². The van der Waals surface area contributed by atoms with Gasteiger partial charge >= 0.3 is 6.03 Å². The number of halogens is 1. The lowest BCUT2D eigenvalue weighted by Gasteiger charge is -2.34. The van der Waals surface area contributed by atoms with Crippen molar-refractivity contribution in [1.29, 1.82) is 0 Å². The van der Waals surface area contributed by atoms with Crippen LogP contribution < -0.4 is 5.32 Å². The number of urea groups is 1. The minimum Gasteiger partial charge on any atom is -0.334 e. The van der Waals surface area contributed by atoms with Crippen LogP contribution in [-0.2, 0) is 13.0 Å². The summed E-state index contributed by atoms with van der Waals surface area (Å²) in [5, 5.41) is 2.82. The Morgan fingerprint density at radius 1 is 0.962 bits per heavy atom. The summed E-state index contributed by atoms with van der Waals surface area (Å²) in [4.78, 5) is 16.5. The van der Waals surface area contributed by atoms with Crippen LogP contribution in [0.4, 0.5) is 9.18 Å². The second-order valence-corrected chi connectivity index (χ2v) is 6.67. The molecule has 2 amide bonds. The fraction of sp³-hybridized carbons (Fsp3) is 0.381. The number of nitrogens with zero attached hydrogens (tertiary/aromatic N) is 2. The number of piperazine rings is 1. The van der Waals surface area contributed by atoms with Crippen molar-refractivity contribution in [3.63, 3.8) is 0 Å². The van der Waals surface area contributed by atoms with E-state index in [1.165, 1.54) is 11.6 Å². The van der Waals surface area contributed by atoms with Gasteiger partial charge in [0.05, 0.1) is 0 Å². The SMILES string of the molecule is O=C(NCc1ccccc1F)N1CCN(CCCc2ccccc2)CC1. The van der Waals surface area contributed by atoms with E-state index in [2.05, 4.69) is 34.5 Å². The Morgan fingerprint density at radius 3 is 2.38 bits per heavy atom. The van der Waals surface area contributed by atoms with Gasteiger partial charge < -0.3 is 10.2 Å². The van der Waals surface area contributed by atoms with Crippen LogP contribution in [0.3, 0.4) is 0 Å². The predicted molar refractivity (Wildman–Crippen MR) is 101 cm³/mol. The van der Waals surface area contributed by atoms with Crippen molar-refractivity contribution in [2.45, 2.75) is 19.4 Å². The molecule has 2 aromatic carbocycles. The Balaban J connectivity index is 1.35. The minimum absolute atomic E-state index is 0.114. The van der Waals surface area contributed by atoms with Gasteiger partial charge in [-0.1, -0.05) is 48.5 Å². The third-order valence-electron chi connectivity index (χ3n) is 4.83. The Kier molecular flexibility index (Phi) is 6.61. The van der Waals surface area contributed by atoms with E-state index in [0.717, 1.165) is 32.5 Å². The van der Waals surface area contributed by atoms with Crippen LogP contribution >= 0.6 is 0 Å². The molecule has 0 unspecified atom stereocenters. The monoisotopic (exact) mass is 355 g/mol. The van der Waals surface area contributed by atoms with E-state index in [1.807, 2.05) is 11.0 Å². The molecule has 5 heteroatoms. The van der Waals surface area contributed by atoms with E-state index in [9.17, 15) is 9.18 Å². The molecule has 0 saturated carbocycles. The van der Waals surface area contributed by atoms with Gasteiger partial charge in [0, 0.05) is 38.3 Å². The lowest BCUT2D eigenvalue weighted by atomic mass is 10.1. The fourth-order valence-electron chi connectivity index (χ4n) is 3.25. The molecule has 1 heterocycles. The second-order valence-electron chi connectivity index (χ2n) is 6.67. The highest BCUT2D eigenvalue weighted by Gasteiger charge is 2.20. The molecule has 1 N–H and O–H groups in total. The van der Waals surface area contributed by atoms with E-state index in [1.54, 1.807) is 18.2 Å². The van der Waals surface area contributed by atoms with Crippen molar-refractivity contribution < 1.29 is 9.18 Å². The average Bonchev–Trinajstić information content (AvgIpc) is 2.68. The molecule has 0 bridgehead atoms. The maximum atomic E-state index is 13.6. The molecular formula is C21H26FN3O. The van der Waals surface area contributed by atoms with Gasteiger partial charge in [0.2, 0.25) is 0 Å². The van der Waals surface area contributed by atoms with E-state index < -0.39 is 0 Å². The molecule has 2 aromatic rings. The van der Waals surface area contributed by atoms with Crippen LogP contribution in [0.25, 0.3) is 0 Å². The second kappa shape index (κ2) is 9.34. The first-order chi connectivity index (χ1) is 12.7. The number of carbonyl (C=O) groups excluding carboxylic acids is 1.